The van der Waals surface area contributed by atoms with Crippen molar-refractivity contribution in [1.29, 1.82) is 0 Å². The minimum absolute atomic E-state index is 0. The van der Waals surface area contributed by atoms with Gasteiger partial charge in [0.1, 0.15) is 0 Å². The van der Waals surface area contributed by atoms with E-state index in [0.717, 1.165) is 6.92 Å². The number of carbonyl (C=O) groups is 1. The van der Waals surface area contributed by atoms with E-state index in [0.29, 0.717) is 6.61 Å². The van der Waals surface area contributed by atoms with Crippen molar-refractivity contribution < 1.29 is 63.0 Å². The first-order chi connectivity index (χ1) is 7.93. The maximum atomic E-state index is 11.2. The topological polar surface area (TPSA) is 99.1 Å². The molecule has 9 heteroatoms. The fourth-order valence-corrected chi connectivity index (χ4v) is 1.64. The Morgan fingerprint density at radius 3 is 2.44 bits per heavy atom. The van der Waals surface area contributed by atoms with Gasteiger partial charge in [0.05, 0.1) is 25.6 Å². The number of hydrogen-bond donors (Lipinski definition) is 1. The summed E-state index contributed by atoms with van der Waals surface area (Å²) < 4.78 is 36.8. The zero-order valence-electron chi connectivity index (χ0n) is 11.9. The molecule has 0 aliphatic heterocycles. The van der Waals surface area contributed by atoms with Gasteiger partial charge in [0.25, 0.3) is 10.1 Å². The molecule has 1 atom stereocenters. The number of Topliss-reactive ketones (excluding diaryl/α,β-unsaturated/α-hetero) is 1. The van der Waals surface area contributed by atoms with Crippen molar-refractivity contribution in [2.24, 2.45) is 0 Å². The van der Waals surface area contributed by atoms with Crippen LogP contribution in [0.25, 0.3) is 0 Å². The zero-order chi connectivity index (χ0) is 13.3. The summed E-state index contributed by atoms with van der Waals surface area (Å²) in [5.74, 6) is -1.14. The third-order valence-electron chi connectivity index (χ3n) is 1.61. The van der Waals surface area contributed by atoms with Gasteiger partial charge in [-0.3, -0.25) is 4.79 Å². The Kier molecular flexibility index (Phi) is 13.0. The Morgan fingerprint density at radius 2 is 2.00 bits per heavy atom. The van der Waals surface area contributed by atoms with Crippen LogP contribution in [-0.2, 0) is 28.6 Å². The monoisotopic (exact) mass is 294 g/mol. The van der Waals surface area contributed by atoms with E-state index in [1.165, 1.54) is 0 Å². The van der Waals surface area contributed by atoms with Crippen LogP contribution >= 0.6 is 0 Å². The quantitative estimate of drug-likeness (QED) is 0.192. The first kappa shape index (κ1) is 20.8. The van der Waals surface area contributed by atoms with E-state index in [2.05, 4.69) is 4.18 Å². The SMILES string of the molecule is CCOCCOC(OS(=O)(=O)CCO)C(C)=O.[H-].[Na+]. The third-order valence-corrected chi connectivity index (χ3v) is 2.76. The molecule has 0 rings (SSSR count). The van der Waals surface area contributed by atoms with Gasteiger partial charge >= 0.3 is 29.6 Å². The molecular weight excluding hydrogens is 275 g/mol. The normalized spacial score (nSPS) is 12.8. The maximum Gasteiger partial charge on any atom is 1.00 e. The van der Waals surface area contributed by atoms with E-state index in [4.69, 9.17) is 14.6 Å². The van der Waals surface area contributed by atoms with E-state index >= 15 is 0 Å². The Morgan fingerprint density at radius 1 is 1.39 bits per heavy atom. The molecule has 104 valence electrons. The summed E-state index contributed by atoms with van der Waals surface area (Å²) in [5.41, 5.74) is 0. The van der Waals surface area contributed by atoms with Crippen LogP contribution in [0.5, 0.6) is 0 Å². The van der Waals surface area contributed by atoms with Crippen molar-refractivity contribution in [2.45, 2.75) is 20.1 Å². The molecule has 0 spiro atoms. The van der Waals surface area contributed by atoms with Crippen molar-refractivity contribution in [1.82, 2.24) is 0 Å². The first-order valence-electron chi connectivity index (χ1n) is 5.14. The van der Waals surface area contributed by atoms with Crippen LogP contribution in [0.15, 0.2) is 0 Å². The van der Waals surface area contributed by atoms with Gasteiger partial charge in [0.2, 0.25) is 6.29 Å². The number of aliphatic hydroxyl groups excluding tert-OH is 1. The minimum atomic E-state index is -3.96. The predicted octanol–water partition coefficient (Wildman–Crippen LogP) is -3.59. The van der Waals surface area contributed by atoms with E-state index in [1.54, 1.807) is 6.92 Å². The summed E-state index contributed by atoms with van der Waals surface area (Å²) in [4.78, 5) is 11.1. The minimum Gasteiger partial charge on any atom is -1.00 e. The van der Waals surface area contributed by atoms with Crippen molar-refractivity contribution in [3.05, 3.63) is 0 Å². The van der Waals surface area contributed by atoms with Crippen LogP contribution < -0.4 is 29.6 Å². The summed E-state index contributed by atoms with van der Waals surface area (Å²) in [5, 5.41) is 8.49. The Hall–Kier alpha value is 0.460. The molecule has 0 amide bonds. The van der Waals surface area contributed by atoms with E-state index in [1.807, 2.05) is 0 Å². The molecule has 0 fully saturated rings. The Bertz CT molecular complexity index is 323. The van der Waals surface area contributed by atoms with Crippen molar-refractivity contribution in [3.63, 3.8) is 0 Å². The number of ether oxygens (including phenoxy) is 2. The largest absolute Gasteiger partial charge is 1.00 e. The molecule has 0 bridgehead atoms. The summed E-state index contributed by atoms with van der Waals surface area (Å²) in [6, 6.07) is 0. The molecule has 0 aromatic rings. The fourth-order valence-electron chi connectivity index (χ4n) is 0.864. The van der Waals surface area contributed by atoms with E-state index < -0.39 is 34.6 Å². The number of hydrogen-bond acceptors (Lipinski definition) is 7. The molecule has 1 N–H and O–H groups in total. The van der Waals surface area contributed by atoms with Crippen LogP contribution in [0.1, 0.15) is 15.3 Å². The van der Waals surface area contributed by atoms with Crippen LogP contribution in [0.4, 0.5) is 0 Å². The van der Waals surface area contributed by atoms with Crippen LogP contribution in [-0.4, -0.2) is 57.8 Å². The summed E-state index contributed by atoms with van der Waals surface area (Å²) in [7, 11) is -3.96. The van der Waals surface area contributed by atoms with Crippen LogP contribution in [0, 0.1) is 0 Å². The number of carbonyl (C=O) groups excluding carboxylic acids is 1. The van der Waals surface area contributed by atoms with Crippen molar-refractivity contribution >= 4 is 15.9 Å². The van der Waals surface area contributed by atoms with Crippen LogP contribution in [0.2, 0.25) is 0 Å². The molecule has 1 unspecified atom stereocenters. The van der Waals surface area contributed by atoms with Gasteiger partial charge in [-0.25, -0.2) is 4.18 Å². The molecule has 0 saturated heterocycles. The summed E-state index contributed by atoms with van der Waals surface area (Å²) in [6.07, 6.45) is -1.48. The van der Waals surface area contributed by atoms with Gasteiger partial charge in [0.15, 0.2) is 5.78 Å². The molecule has 0 aromatic carbocycles. The number of ketones is 1. The molecule has 0 aliphatic carbocycles. The Labute approximate surface area is 131 Å². The average molecular weight is 294 g/mol. The summed E-state index contributed by atoms with van der Waals surface area (Å²) >= 11 is 0. The molecule has 18 heavy (non-hydrogen) atoms. The Balaban J connectivity index is -0.00000128. The van der Waals surface area contributed by atoms with E-state index in [9.17, 15) is 13.2 Å². The smallest absolute Gasteiger partial charge is 1.00 e. The molecule has 0 aliphatic rings. The molecule has 0 aromatic heterocycles. The molecule has 0 heterocycles. The van der Waals surface area contributed by atoms with Gasteiger partial charge in [0, 0.05) is 6.61 Å². The second-order valence-corrected chi connectivity index (χ2v) is 4.81. The molecular formula is C9H19NaO7S. The standard InChI is InChI=1S/C9H18O7S.Na.H/c1-3-14-5-6-15-9(8(2)11)16-17(12,13)7-4-10;;/h9-10H,3-7H2,1-2H3;;/q;+1;-1. The van der Waals surface area contributed by atoms with Gasteiger partial charge in [-0.1, -0.05) is 0 Å². The van der Waals surface area contributed by atoms with Gasteiger partial charge in [-0.2, -0.15) is 8.42 Å². The number of rotatable bonds is 10. The second kappa shape index (κ2) is 11.3. The molecule has 7 nitrogen and oxygen atoms in total. The van der Waals surface area contributed by atoms with E-state index in [-0.39, 0.29) is 44.2 Å². The van der Waals surface area contributed by atoms with Crippen molar-refractivity contribution in [3.8, 4) is 0 Å². The van der Waals surface area contributed by atoms with Gasteiger partial charge in [-0.15, -0.1) is 0 Å². The average Bonchev–Trinajstić information content (AvgIpc) is 2.22. The van der Waals surface area contributed by atoms with Crippen LogP contribution in [0.3, 0.4) is 0 Å². The predicted molar refractivity (Wildman–Crippen MR) is 60.0 cm³/mol. The second-order valence-electron chi connectivity index (χ2n) is 3.09. The van der Waals surface area contributed by atoms with Gasteiger partial charge in [-0.05, 0) is 13.8 Å². The first-order valence-corrected chi connectivity index (χ1v) is 6.72. The molecule has 0 saturated carbocycles. The van der Waals surface area contributed by atoms with Gasteiger partial charge < -0.3 is 16.0 Å². The molecule has 0 radical (unpaired) electrons. The third kappa shape index (κ3) is 10.4. The van der Waals surface area contributed by atoms with Crippen molar-refractivity contribution in [2.75, 3.05) is 32.2 Å². The summed E-state index contributed by atoms with van der Waals surface area (Å²) in [6.45, 7) is 3.16. The number of aliphatic hydroxyl groups is 1. The maximum absolute atomic E-state index is 11.2. The fraction of sp³-hybridized carbons (Fsp3) is 0.889. The zero-order valence-corrected chi connectivity index (χ0v) is 13.7.